The van der Waals surface area contributed by atoms with E-state index < -0.39 is 49.9 Å². The van der Waals surface area contributed by atoms with Crippen LogP contribution >= 0.6 is 0 Å². The Hall–Kier alpha value is -3.40. The highest BCUT2D eigenvalue weighted by molar-refractivity contribution is 7.93. The second kappa shape index (κ2) is 9.09. The first kappa shape index (κ1) is 23.7. The molecule has 2 aromatic carbocycles. The maximum atomic E-state index is 13.2. The van der Waals surface area contributed by atoms with Crippen LogP contribution in [0.25, 0.3) is 0 Å². The van der Waals surface area contributed by atoms with Crippen molar-refractivity contribution >= 4 is 27.8 Å². The standard InChI is InChI=1S/C24H26N2O7S/c1-24(2)19(22(28)32-14-16-9-5-3-6-10-16)26-20(27)18(21(26)34(24,30)31)13-25-23(29)33-15-17-11-7-4-8-12-17/h3-12,18-19,21H,13-15H2,1-2H3,(H,25,29)/t18-,19+,21-/m1/s1. The van der Waals surface area contributed by atoms with E-state index in [9.17, 15) is 22.8 Å². The molecule has 2 aliphatic heterocycles. The Bertz CT molecular complexity index is 1180. The minimum Gasteiger partial charge on any atom is -0.459 e. The van der Waals surface area contributed by atoms with Gasteiger partial charge in [-0.2, -0.15) is 0 Å². The largest absolute Gasteiger partial charge is 0.459 e. The number of β-lactam (4-membered cyclic amide) rings is 1. The lowest BCUT2D eigenvalue weighted by Gasteiger charge is -2.42. The van der Waals surface area contributed by atoms with Crippen LogP contribution in [-0.2, 0) is 42.1 Å². The molecule has 4 rings (SSSR count). The fourth-order valence-electron chi connectivity index (χ4n) is 4.35. The van der Waals surface area contributed by atoms with Gasteiger partial charge in [-0.05, 0) is 25.0 Å². The molecule has 1 N–H and O–H groups in total. The van der Waals surface area contributed by atoms with Gasteiger partial charge in [0.15, 0.2) is 9.84 Å². The first-order valence-electron chi connectivity index (χ1n) is 10.9. The number of alkyl carbamates (subject to hydrolysis) is 1. The fraction of sp³-hybridized carbons (Fsp3) is 0.375. The number of sulfone groups is 1. The van der Waals surface area contributed by atoms with E-state index in [1.54, 1.807) is 36.4 Å². The van der Waals surface area contributed by atoms with E-state index in [0.29, 0.717) is 0 Å². The molecule has 0 unspecified atom stereocenters. The maximum absolute atomic E-state index is 13.2. The topological polar surface area (TPSA) is 119 Å². The number of rotatable bonds is 7. The summed E-state index contributed by atoms with van der Waals surface area (Å²) in [7, 11) is -3.92. The molecule has 2 heterocycles. The molecule has 0 bridgehead atoms. The summed E-state index contributed by atoms with van der Waals surface area (Å²) in [6.07, 6.45) is -0.761. The number of benzene rings is 2. The molecule has 2 aliphatic rings. The highest BCUT2D eigenvalue weighted by Crippen LogP contribution is 2.48. The number of amides is 2. The van der Waals surface area contributed by atoms with Crippen molar-refractivity contribution < 1.29 is 32.3 Å². The predicted octanol–water partition coefficient (Wildman–Crippen LogP) is 2.02. The molecule has 2 saturated heterocycles. The molecule has 2 fully saturated rings. The fourth-order valence-corrected chi connectivity index (χ4v) is 6.67. The van der Waals surface area contributed by atoms with E-state index in [4.69, 9.17) is 9.47 Å². The minimum absolute atomic E-state index is 0.0305. The summed E-state index contributed by atoms with van der Waals surface area (Å²) in [5, 5.41) is 1.25. The minimum atomic E-state index is -3.92. The molecule has 0 saturated carbocycles. The van der Waals surface area contributed by atoms with Gasteiger partial charge in [0, 0.05) is 6.54 Å². The first-order chi connectivity index (χ1) is 16.1. The van der Waals surface area contributed by atoms with Crippen molar-refractivity contribution in [3.8, 4) is 0 Å². The lowest BCUT2D eigenvalue weighted by atomic mass is 9.91. The summed E-state index contributed by atoms with van der Waals surface area (Å²) in [5.74, 6) is -2.30. The quantitative estimate of drug-likeness (QED) is 0.470. The monoisotopic (exact) mass is 486 g/mol. The molecule has 10 heteroatoms. The lowest BCUT2D eigenvalue weighted by molar-refractivity contribution is -0.167. The average Bonchev–Trinajstić information content (AvgIpc) is 2.97. The third kappa shape index (κ3) is 4.13. The average molecular weight is 487 g/mol. The summed E-state index contributed by atoms with van der Waals surface area (Å²) in [6, 6.07) is 16.8. The Morgan fingerprint density at radius 2 is 1.47 bits per heavy atom. The van der Waals surface area contributed by atoms with Crippen LogP contribution < -0.4 is 5.32 Å². The van der Waals surface area contributed by atoms with Gasteiger partial charge < -0.3 is 19.7 Å². The summed E-state index contributed by atoms with van der Waals surface area (Å²) in [6.45, 7) is 2.63. The highest BCUT2D eigenvalue weighted by atomic mass is 32.2. The van der Waals surface area contributed by atoms with Gasteiger partial charge in [0.1, 0.15) is 24.6 Å². The molecule has 0 radical (unpaired) electrons. The van der Waals surface area contributed by atoms with Crippen molar-refractivity contribution in [1.29, 1.82) is 0 Å². The summed E-state index contributed by atoms with van der Waals surface area (Å²) < 4.78 is 35.4. The van der Waals surface area contributed by atoms with Gasteiger partial charge in [-0.1, -0.05) is 60.7 Å². The van der Waals surface area contributed by atoms with Crippen molar-refractivity contribution in [3.05, 3.63) is 71.8 Å². The number of hydrogen-bond donors (Lipinski definition) is 1. The number of nitrogens with zero attached hydrogens (tertiary/aromatic N) is 1. The van der Waals surface area contributed by atoms with Gasteiger partial charge >= 0.3 is 12.1 Å². The highest BCUT2D eigenvalue weighted by Gasteiger charge is 2.72. The number of esters is 1. The molecular formula is C24H26N2O7S. The van der Waals surface area contributed by atoms with E-state index in [1.165, 1.54) is 13.8 Å². The zero-order valence-corrected chi connectivity index (χ0v) is 19.7. The van der Waals surface area contributed by atoms with Gasteiger partial charge in [0.05, 0.1) is 10.7 Å². The van der Waals surface area contributed by atoms with Gasteiger partial charge in [-0.25, -0.2) is 18.0 Å². The van der Waals surface area contributed by atoms with Crippen LogP contribution in [0.3, 0.4) is 0 Å². The molecule has 2 amide bonds. The van der Waals surface area contributed by atoms with Gasteiger partial charge in [-0.15, -0.1) is 0 Å². The smallest absolute Gasteiger partial charge is 0.407 e. The third-order valence-corrected chi connectivity index (χ3v) is 9.19. The van der Waals surface area contributed by atoms with Crippen LogP contribution in [0.1, 0.15) is 25.0 Å². The molecular weight excluding hydrogens is 460 g/mol. The van der Waals surface area contributed by atoms with Crippen LogP contribution in [0, 0.1) is 5.92 Å². The van der Waals surface area contributed by atoms with Crippen molar-refractivity contribution in [3.63, 3.8) is 0 Å². The van der Waals surface area contributed by atoms with Crippen molar-refractivity contribution in [2.24, 2.45) is 5.92 Å². The van der Waals surface area contributed by atoms with Crippen LogP contribution in [-0.4, -0.2) is 54.0 Å². The number of carbonyl (C=O) groups is 3. The molecule has 0 spiro atoms. The molecule has 2 aromatic rings. The van der Waals surface area contributed by atoms with Crippen LogP contribution in [0.4, 0.5) is 4.79 Å². The van der Waals surface area contributed by atoms with Crippen molar-refractivity contribution in [1.82, 2.24) is 10.2 Å². The van der Waals surface area contributed by atoms with E-state index in [1.807, 2.05) is 24.3 Å². The summed E-state index contributed by atoms with van der Waals surface area (Å²) in [5.41, 5.74) is 1.54. The molecule has 0 aliphatic carbocycles. The molecule has 3 atom stereocenters. The number of hydrogen-bond acceptors (Lipinski definition) is 7. The van der Waals surface area contributed by atoms with E-state index in [-0.39, 0.29) is 19.8 Å². The van der Waals surface area contributed by atoms with Crippen LogP contribution in [0.5, 0.6) is 0 Å². The normalized spacial score (nSPS) is 24.0. The first-order valence-corrected chi connectivity index (χ1v) is 12.4. The Morgan fingerprint density at radius 3 is 2.03 bits per heavy atom. The van der Waals surface area contributed by atoms with Crippen LogP contribution in [0.15, 0.2) is 60.7 Å². The van der Waals surface area contributed by atoms with E-state index >= 15 is 0 Å². The van der Waals surface area contributed by atoms with Gasteiger partial charge in [-0.3, -0.25) is 4.79 Å². The number of nitrogens with one attached hydrogen (secondary N) is 1. The summed E-state index contributed by atoms with van der Waals surface area (Å²) >= 11 is 0. The number of carbonyl (C=O) groups excluding carboxylic acids is 3. The Balaban J connectivity index is 1.39. The summed E-state index contributed by atoms with van der Waals surface area (Å²) in [4.78, 5) is 38.9. The SMILES string of the molecule is CC1(C)[C@H](C(=O)OCc2ccccc2)N2C(=O)[C@@H](CNC(=O)OCc3ccccc3)[C@H]2S1(=O)=O. The molecule has 9 nitrogen and oxygen atoms in total. The zero-order valence-electron chi connectivity index (χ0n) is 18.8. The van der Waals surface area contributed by atoms with Gasteiger partial charge in [0.25, 0.3) is 0 Å². The van der Waals surface area contributed by atoms with Gasteiger partial charge in [0.2, 0.25) is 5.91 Å². The number of fused-ring (bicyclic) bond motifs is 1. The number of ether oxygens (including phenoxy) is 2. The van der Waals surface area contributed by atoms with E-state index in [0.717, 1.165) is 16.0 Å². The maximum Gasteiger partial charge on any atom is 0.407 e. The second-order valence-electron chi connectivity index (χ2n) is 8.83. The third-order valence-electron chi connectivity index (χ3n) is 6.30. The Morgan fingerprint density at radius 1 is 0.941 bits per heavy atom. The van der Waals surface area contributed by atoms with Crippen molar-refractivity contribution in [2.45, 2.75) is 43.2 Å². The van der Waals surface area contributed by atoms with E-state index in [2.05, 4.69) is 5.32 Å². The Labute approximate surface area is 198 Å². The van der Waals surface area contributed by atoms with Crippen molar-refractivity contribution in [2.75, 3.05) is 6.54 Å². The van der Waals surface area contributed by atoms with Crippen LogP contribution in [0.2, 0.25) is 0 Å². The zero-order chi connectivity index (χ0) is 24.5. The lowest BCUT2D eigenvalue weighted by Crippen LogP contribution is -2.66. The molecule has 34 heavy (non-hydrogen) atoms. The predicted molar refractivity (Wildman–Crippen MR) is 122 cm³/mol. The second-order valence-corrected chi connectivity index (χ2v) is 11.5. The molecule has 180 valence electrons. The molecule has 0 aromatic heterocycles. The Kier molecular flexibility index (Phi) is 6.35.